The van der Waals surface area contributed by atoms with Gasteiger partial charge in [0.05, 0.1) is 30.3 Å². The van der Waals surface area contributed by atoms with Gasteiger partial charge in [0.1, 0.15) is 0 Å². The van der Waals surface area contributed by atoms with E-state index in [1.807, 2.05) is 36.1 Å². The number of aliphatic hydroxyl groups is 1. The zero-order chi connectivity index (χ0) is 21.8. The van der Waals surface area contributed by atoms with E-state index in [9.17, 15) is 9.90 Å². The minimum Gasteiger partial charge on any atom is -0.392 e. The van der Waals surface area contributed by atoms with Crippen molar-refractivity contribution in [3.05, 3.63) is 71.3 Å². The topological polar surface area (TPSA) is 84.1 Å². The van der Waals surface area contributed by atoms with E-state index in [1.165, 1.54) is 4.80 Å². The van der Waals surface area contributed by atoms with Gasteiger partial charge < -0.3 is 10.0 Å². The van der Waals surface area contributed by atoms with Gasteiger partial charge in [-0.1, -0.05) is 23.5 Å². The van der Waals surface area contributed by atoms with Crippen molar-refractivity contribution in [3.8, 4) is 17.5 Å². The van der Waals surface area contributed by atoms with Gasteiger partial charge in [-0.2, -0.15) is 15.0 Å². The standard InChI is InChI=1S/C24H25N5O2/c1-17-3-8-23(29-26-9-10-27-29)22(11-17)24(31)28-15-19(5-4-18(28)2)6-7-20-12-21(16-30)14-25-13-20/h3,8-14,18-19,30H,4-5,15-16H2,1-2H3/t18-,19+/m1/s1. The van der Waals surface area contributed by atoms with Crippen molar-refractivity contribution in [1.82, 2.24) is 24.9 Å². The SMILES string of the molecule is Cc1ccc(-n2nccn2)c(C(=O)N2C[C@H](C#Cc3cncc(CO)c3)CC[C@H]2C)c1. The summed E-state index contributed by atoms with van der Waals surface area (Å²) < 4.78 is 0. The first-order valence-electron chi connectivity index (χ1n) is 10.4. The maximum atomic E-state index is 13.6. The number of nitrogens with zero attached hydrogens (tertiary/aromatic N) is 5. The molecule has 7 nitrogen and oxygen atoms in total. The molecule has 1 aliphatic rings. The number of pyridine rings is 1. The monoisotopic (exact) mass is 415 g/mol. The van der Waals surface area contributed by atoms with Gasteiger partial charge >= 0.3 is 0 Å². The van der Waals surface area contributed by atoms with Crippen molar-refractivity contribution in [3.63, 3.8) is 0 Å². The molecule has 1 saturated heterocycles. The minimum absolute atomic E-state index is 0.0288. The number of carbonyl (C=O) groups is 1. The summed E-state index contributed by atoms with van der Waals surface area (Å²) >= 11 is 0. The number of rotatable bonds is 3. The smallest absolute Gasteiger partial charge is 0.256 e. The highest BCUT2D eigenvalue weighted by Crippen LogP contribution is 2.26. The van der Waals surface area contributed by atoms with E-state index in [0.29, 0.717) is 17.8 Å². The van der Waals surface area contributed by atoms with Crippen LogP contribution in [-0.4, -0.2) is 48.5 Å². The molecule has 158 valence electrons. The molecule has 1 aliphatic heterocycles. The molecule has 0 unspecified atom stereocenters. The maximum absolute atomic E-state index is 13.6. The zero-order valence-corrected chi connectivity index (χ0v) is 17.7. The van der Waals surface area contributed by atoms with Crippen LogP contribution >= 0.6 is 0 Å². The minimum atomic E-state index is -0.0598. The molecule has 0 aliphatic carbocycles. The van der Waals surface area contributed by atoms with Gasteiger partial charge in [-0.15, -0.1) is 0 Å². The summed E-state index contributed by atoms with van der Waals surface area (Å²) in [7, 11) is 0. The van der Waals surface area contributed by atoms with Crippen molar-refractivity contribution in [2.24, 2.45) is 5.92 Å². The predicted molar refractivity (Wildman–Crippen MR) is 116 cm³/mol. The molecule has 1 N–H and O–H groups in total. The summed E-state index contributed by atoms with van der Waals surface area (Å²) in [5.74, 6) is 6.51. The molecule has 0 radical (unpaired) electrons. The van der Waals surface area contributed by atoms with Crippen LogP contribution < -0.4 is 0 Å². The van der Waals surface area contributed by atoms with Gasteiger partial charge in [0, 0.05) is 36.5 Å². The molecule has 1 amide bonds. The molecule has 3 aromatic rings. The van der Waals surface area contributed by atoms with Crippen LogP contribution in [0.3, 0.4) is 0 Å². The lowest BCUT2D eigenvalue weighted by Crippen LogP contribution is -2.45. The number of aromatic nitrogens is 4. The summed E-state index contributed by atoms with van der Waals surface area (Å²) in [6.07, 6.45) is 8.35. The number of hydrogen-bond acceptors (Lipinski definition) is 5. The Kier molecular flexibility index (Phi) is 6.10. The van der Waals surface area contributed by atoms with Crippen LogP contribution in [-0.2, 0) is 6.61 Å². The Labute approximate surface area is 181 Å². The second-order valence-corrected chi connectivity index (χ2v) is 7.93. The molecule has 0 saturated carbocycles. The van der Waals surface area contributed by atoms with Crippen molar-refractivity contribution in [1.29, 1.82) is 0 Å². The number of likely N-dealkylation sites (tertiary alicyclic amines) is 1. The van der Waals surface area contributed by atoms with Gasteiger partial charge in [0.25, 0.3) is 5.91 Å². The molecular formula is C24H25N5O2. The van der Waals surface area contributed by atoms with E-state index in [0.717, 1.165) is 29.5 Å². The molecule has 0 spiro atoms. The highest BCUT2D eigenvalue weighted by Gasteiger charge is 2.30. The third-order valence-electron chi connectivity index (χ3n) is 5.56. The van der Waals surface area contributed by atoms with Crippen molar-refractivity contribution in [2.75, 3.05) is 6.54 Å². The Morgan fingerprint density at radius 1 is 1.19 bits per heavy atom. The molecular weight excluding hydrogens is 390 g/mol. The second kappa shape index (κ2) is 9.11. The first-order chi connectivity index (χ1) is 15.0. The fourth-order valence-corrected chi connectivity index (χ4v) is 3.83. The van der Waals surface area contributed by atoms with E-state index in [-0.39, 0.29) is 24.5 Å². The first-order valence-corrected chi connectivity index (χ1v) is 10.4. The van der Waals surface area contributed by atoms with E-state index in [1.54, 1.807) is 24.8 Å². The van der Waals surface area contributed by atoms with Gasteiger partial charge in [-0.05, 0) is 50.5 Å². The molecule has 1 aromatic carbocycles. The number of aliphatic hydroxyl groups excluding tert-OH is 1. The maximum Gasteiger partial charge on any atom is 0.256 e. The Bertz CT molecular complexity index is 1130. The quantitative estimate of drug-likeness (QED) is 0.665. The van der Waals surface area contributed by atoms with E-state index >= 15 is 0 Å². The molecule has 2 aromatic heterocycles. The molecule has 7 heteroatoms. The second-order valence-electron chi connectivity index (χ2n) is 7.93. The predicted octanol–water partition coefficient (Wildman–Crippen LogP) is 2.76. The largest absolute Gasteiger partial charge is 0.392 e. The average Bonchev–Trinajstić information content (AvgIpc) is 3.33. The lowest BCUT2D eigenvalue weighted by atomic mass is 9.92. The van der Waals surface area contributed by atoms with Crippen LogP contribution in [0, 0.1) is 24.7 Å². The van der Waals surface area contributed by atoms with Crippen LogP contribution in [0.5, 0.6) is 0 Å². The number of piperidine rings is 1. The third-order valence-corrected chi connectivity index (χ3v) is 5.56. The lowest BCUT2D eigenvalue weighted by Gasteiger charge is -2.36. The van der Waals surface area contributed by atoms with E-state index < -0.39 is 0 Å². The molecule has 2 atom stereocenters. The summed E-state index contributed by atoms with van der Waals surface area (Å²) in [4.78, 5) is 21.1. The summed E-state index contributed by atoms with van der Waals surface area (Å²) in [5.41, 5.74) is 3.79. The number of amides is 1. The van der Waals surface area contributed by atoms with Crippen molar-refractivity contribution in [2.45, 2.75) is 39.3 Å². The number of benzene rings is 1. The van der Waals surface area contributed by atoms with Gasteiger partial charge in [-0.3, -0.25) is 9.78 Å². The molecule has 3 heterocycles. The number of hydrogen-bond donors (Lipinski definition) is 1. The number of carbonyl (C=O) groups excluding carboxylic acids is 1. The molecule has 0 bridgehead atoms. The fraction of sp³-hybridized carbons (Fsp3) is 0.333. The Hall–Kier alpha value is -3.50. The molecule has 31 heavy (non-hydrogen) atoms. The van der Waals surface area contributed by atoms with Crippen LogP contribution in [0.15, 0.2) is 49.1 Å². The van der Waals surface area contributed by atoms with Crippen LogP contribution in [0.4, 0.5) is 0 Å². The molecule has 4 rings (SSSR count). The average molecular weight is 415 g/mol. The lowest BCUT2D eigenvalue weighted by molar-refractivity contribution is 0.0598. The number of aryl methyl sites for hydroxylation is 1. The molecule has 1 fully saturated rings. The first kappa shape index (κ1) is 20.8. The van der Waals surface area contributed by atoms with Crippen molar-refractivity contribution < 1.29 is 9.90 Å². The van der Waals surface area contributed by atoms with Gasteiger partial charge in [0.15, 0.2) is 0 Å². The van der Waals surface area contributed by atoms with Crippen LogP contribution in [0.25, 0.3) is 5.69 Å². The highest BCUT2D eigenvalue weighted by atomic mass is 16.3. The van der Waals surface area contributed by atoms with Gasteiger partial charge in [-0.25, -0.2) is 0 Å². The fourth-order valence-electron chi connectivity index (χ4n) is 3.83. The highest BCUT2D eigenvalue weighted by molar-refractivity contribution is 5.98. The normalized spacial score (nSPS) is 18.4. The van der Waals surface area contributed by atoms with Crippen LogP contribution in [0.1, 0.15) is 46.8 Å². The Morgan fingerprint density at radius 3 is 2.77 bits per heavy atom. The third kappa shape index (κ3) is 4.65. The Morgan fingerprint density at radius 2 is 2.00 bits per heavy atom. The summed E-state index contributed by atoms with van der Waals surface area (Å²) in [6, 6.07) is 7.71. The summed E-state index contributed by atoms with van der Waals surface area (Å²) in [5, 5.41) is 17.7. The van der Waals surface area contributed by atoms with Crippen molar-refractivity contribution >= 4 is 5.91 Å². The van der Waals surface area contributed by atoms with E-state index in [4.69, 9.17) is 0 Å². The van der Waals surface area contributed by atoms with E-state index in [2.05, 4.69) is 33.9 Å². The Balaban J connectivity index is 1.58. The van der Waals surface area contributed by atoms with Crippen LogP contribution in [0.2, 0.25) is 0 Å². The zero-order valence-electron chi connectivity index (χ0n) is 17.7. The van der Waals surface area contributed by atoms with Gasteiger partial charge in [0.2, 0.25) is 0 Å². The summed E-state index contributed by atoms with van der Waals surface area (Å²) in [6.45, 7) is 4.56.